The molecule has 3 aromatic rings. The Labute approximate surface area is 150 Å². The van der Waals surface area contributed by atoms with E-state index in [2.05, 4.69) is 20.6 Å². The van der Waals surface area contributed by atoms with Crippen molar-refractivity contribution in [2.45, 2.75) is 19.4 Å². The molecule has 0 unspecified atom stereocenters. The number of carbonyl (C=O) groups is 1. The molecule has 0 saturated carbocycles. The molecule has 1 aromatic carbocycles. The maximum absolute atomic E-state index is 14.2. The van der Waals surface area contributed by atoms with Gasteiger partial charge in [-0.05, 0) is 13.0 Å². The quantitative estimate of drug-likeness (QED) is 0.715. The van der Waals surface area contributed by atoms with Crippen LogP contribution in [0.3, 0.4) is 0 Å². The highest BCUT2D eigenvalue weighted by Gasteiger charge is 2.21. The number of aromatic amines is 1. The van der Waals surface area contributed by atoms with Crippen LogP contribution in [0.4, 0.5) is 13.2 Å². The number of amides is 1. The smallest absolute Gasteiger partial charge is 0.272 e. The molecule has 0 bridgehead atoms. The summed E-state index contributed by atoms with van der Waals surface area (Å²) < 4.78 is 40.9. The largest absolute Gasteiger partial charge is 0.344 e. The highest BCUT2D eigenvalue weighted by atomic mass is 19.3. The van der Waals surface area contributed by atoms with Gasteiger partial charge in [0.15, 0.2) is 0 Å². The second-order valence-electron chi connectivity index (χ2n) is 5.67. The molecule has 0 spiro atoms. The van der Waals surface area contributed by atoms with E-state index in [9.17, 15) is 22.8 Å². The molecule has 0 fully saturated rings. The lowest BCUT2D eigenvalue weighted by Gasteiger charge is -2.16. The zero-order chi connectivity index (χ0) is 19.6. The van der Waals surface area contributed by atoms with Crippen molar-refractivity contribution in [1.29, 1.82) is 0 Å². The number of benzene rings is 1. The summed E-state index contributed by atoms with van der Waals surface area (Å²) >= 11 is 0. The zero-order valence-corrected chi connectivity index (χ0v) is 14.0. The van der Waals surface area contributed by atoms with E-state index < -0.39 is 35.3 Å². The summed E-state index contributed by atoms with van der Waals surface area (Å²) in [7, 11) is 0. The molecule has 27 heavy (non-hydrogen) atoms. The highest BCUT2D eigenvalue weighted by molar-refractivity contribution is 5.92. The minimum Gasteiger partial charge on any atom is -0.344 e. The van der Waals surface area contributed by atoms with Crippen LogP contribution in [0.25, 0.3) is 5.69 Å². The first-order valence-electron chi connectivity index (χ1n) is 7.85. The Morgan fingerprint density at radius 2 is 1.96 bits per heavy atom. The Bertz CT molecular complexity index is 1020. The summed E-state index contributed by atoms with van der Waals surface area (Å²) in [6.45, 7) is 1.46. The van der Waals surface area contributed by atoms with E-state index in [-0.39, 0.29) is 11.3 Å². The van der Waals surface area contributed by atoms with Crippen LogP contribution in [0.15, 0.2) is 47.5 Å². The number of aromatic nitrogens is 4. The molecule has 7 nitrogen and oxygen atoms in total. The Balaban J connectivity index is 1.85. The summed E-state index contributed by atoms with van der Waals surface area (Å²) in [5.41, 5.74) is -1.06. The lowest BCUT2D eigenvalue weighted by Crippen LogP contribution is -2.31. The Kier molecular flexibility index (Phi) is 5.06. The Hall–Kier alpha value is -3.43. The van der Waals surface area contributed by atoms with E-state index in [0.29, 0.717) is 5.69 Å². The zero-order valence-electron chi connectivity index (χ0n) is 14.0. The molecule has 140 valence electrons. The minimum atomic E-state index is -2.96. The Morgan fingerprint density at radius 1 is 1.22 bits per heavy atom. The van der Waals surface area contributed by atoms with Gasteiger partial charge in [-0.15, -0.1) is 0 Å². The number of rotatable bonds is 5. The third kappa shape index (κ3) is 3.73. The predicted octanol–water partition coefficient (Wildman–Crippen LogP) is 2.52. The van der Waals surface area contributed by atoms with Crippen molar-refractivity contribution in [2.75, 3.05) is 0 Å². The van der Waals surface area contributed by atoms with Gasteiger partial charge in [0.05, 0.1) is 17.8 Å². The number of carbonyl (C=O) groups excluding carboxylic acids is 1. The number of hydrogen-bond acceptors (Lipinski definition) is 4. The maximum atomic E-state index is 14.2. The van der Waals surface area contributed by atoms with E-state index in [0.717, 1.165) is 16.8 Å². The molecule has 2 N–H and O–H groups in total. The molecule has 0 aliphatic heterocycles. The molecule has 1 atom stereocenters. The van der Waals surface area contributed by atoms with Crippen molar-refractivity contribution in [3.63, 3.8) is 0 Å². The topological polar surface area (TPSA) is 92.7 Å². The van der Waals surface area contributed by atoms with Crippen molar-refractivity contribution in [3.05, 3.63) is 75.7 Å². The SMILES string of the molecule is C[C@@H](NC(=O)c1ccc(=O)n(-c2cn[nH]c2)n1)c1cccc(C(F)F)c1F. The third-order valence-electron chi connectivity index (χ3n) is 3.87. The molecule has 0 aliphatic carbocycles. The number of H-pyrrole nitrogens is 1. The van der Waals surface area contributed by atoms with Gasteiger partial charge in [0.1, 0.15) is 17.2 Å². The summed E-state index contributed by atoms with van der Waals surface area (Å²) in [5, 5.41) is 12.7. The third-order valence-corrected chi connectivity index (χ3v) is 3.87. The van der Waals surface area contributed by atoms with Gasteiger partial charge in [-0.3, -0.25) is 14.7 Å². The molecule has 3 rings (SSSR count). The van der Waals surface area contributed by atoms with E-state index in [1.54, 1.807) is 0 Å². The summed E-state index contributed by atoms with van der Waals surface area (Å²) in [5.74, 6) is -1.77. The first-order chi connectivity index (χ1) is 12.9. The first kappa shape index (κ1) is 18.4. The number of halogens is 3. The summed E-state index contributed by atoms with van der Waals surface area (Å²) in [6, 6.07) is 5.06. The molecule has 0 saturated heterocycles. The molecule has 10 heteroatoms. The fraction of sp³-hybridized carbons (Fsp3) is 0.176. The Morgan fingerprint density at radius 3 is 2.63 bits per heavy atom. The van der Waals surface area contributed by atoms with Crippen molar-refractivity contribution in [3.8, 4) is 5.69 Å². The van der Waals surface area contributed by atoms with Crippen molar-refractivity contribution in [2.24, 2.45) is 0 Å². The fourth-order valence-electron chi connectivity index (χ4n) is 2.50. The second kappa shape index (κ2) is 7.44. The molecule has 2 aromatic heterocycles. The van der Waals surface area contributed by atoms with Crippen LogP contribution in [0.2, 0.25) is 0 Å². The normalized spacial score (nSPS) is 12.2. The molecule has 0 radical (unpaired) electrons. The first-order valence-corrected chi connectivity index (χ1v) is 7.85. The second-order valence-corrected chi connectivity index (χ2v) is 5.67. The standard InChI is InChI=1S/C17H14F3N5O2/c1-9(11-3-2-4-12(15(11)18)16(19)20)23-17(27)13-5-6-14(26)25(24-13)10-7-21-22-8-10/h2-9,16H,1H3,(H,21,22)(H,23,27)/t9-/m1/s1. The van der Waals surface area contributed by atoms with Crippen LogP contribution in [0.5, 0.6) is 0 Å². The van der Waals surface area contributed by atoms with E-state index in [4.69, 9.17) is 0 Å². The van der Waals surface area contributed by atoms with E-state index in [1.165, 1.54) is 37.5 Å². The van der Waals surface area contributed by atoms with Gasteiger partial charge in [0, 0.05) is 17.8 Å². The van der Waals surface area contributed by atoms with Crippen molar-refractivity contribution in [1.82, 2.24) is 25.3 Å². The maximum Gasteiger partial charge on any atom is 0.272 e. The van der Waals surface area contributed by atoms with Crippen LogP contribution in [-0.2, 0) is 0 Å². The number of hydrogen-bond donors (Lipinski definition) is 2. The van der Waals surface area contributed by atoms with Gasteiger partial charge >= 0.3 is 0 Å². The van der Waals surface area contributed by atoms with Crippen molar-refractivity contribution < 1.29 is 18.0 Å². The van der Waals surface area contributed by atoms with Gasteiger partial charge in [-0.25, -0.2) is 13.2 Å². The summed E-state index contributed by atoms with van der Waals surface area (Å²) in [6.07, 6.45) is -0.193. The van der Waals surface area contributed by atoms with Crippen LogP contribution < -0.4 is 10.9 Å². The number of nitrogens with zero attached hydrogens (tertiary/aromatic N) is 3. The van der Waals surface area contributed by atoms with Crippen LogP contribution in [0, 0.1) is 5.82 Å². The van der Waals surface area contributed by atoms with Gasteiger partial charge in [-0.2, -0.15) is 14.9 Å². The molecular weight excluding hydrogens is 363 g/mol. The minimum absolute atomic E-state index is 0.0793. The van der Waals surface area contributed by atoms with E-state index in [1.807, 2.05) is 0 Å². The molecule has 0 aliphatic rings. The van der Waals surface area contributed by atoms with Crippen molar-refractivity contribution >= 4 is 5.91 Å². The lowest BCUT2D eigenvalue weighted by molar-refractivity contribution is 0.0932. The van der Waals surface area contributed by atoms with Gasteiger partial charge < -0.3 is 5.32 Å². The van der Waals surface area contributed by atoms with Gasteiger partial charge in [-0.1, -0.05) is 18.2 Å². The average Bonchev–Trinajstić information content (AvgIpc) is 3.16. The fourth-order valence-corrected chi connectivity index (χ4v) is 2.50. The van der Waals surface area contributed by atoms with Gasteiger partial charge in [0.2, 0.25) is 0 Å². The highest BCUT2D eigenvalue weighted by Crippen LogP contribution is 2.27. The predicted molar refractivity (Wildman–Crippen MR) is 89.2 cm³/mol. The molecule has 1 amide bonds. The van der Waals surface area contributed by atoms with E-state index >= 15 is 0 Å². The molecular formula is C17H14F3N5O2. The summed E-state index contributed by atoms with van der Waals surface area (Å²) in [4.78, 5) is 24.3. The average molecular weight is 377 g/mol. The van der Waals surface area contributed by atoms with Gasteiger partial charge in [0.25, 0.3) is 17.9 Å². The number of nitrogens with one attached hydrogen (secondary N) is 2. The van der Waals surface area contributed by atoms with Crippen LogP contribution >= 0.6 is 0 Å². The molecule has 2 heterocycles. The van der Waals surface area contributed by atoms with Crippen LogP contribution in [-0.4, -0.2) is 25.9 Å². The monoisotopic (exact) mass is 377 g/mol. The lowest BCUT2D eigenvalue weighted by atomic mass is 10.0. The number of alkyl halides is 2. The van der Waals surface area contributed by atoms with Crippen LogP contribution in [0.1, 0.15) is 41.0 Å².